The summed E-state index contributed by atoms with van der Waals surface area (Å²) in [6, 6.07) is 1.73. The number of nitrogens with zero attached hydrogens (tertiary/aromatic N) is 3. The zero-order valence-corrected chi connectivity index (χ0v) is 9.77. The number of hydrogen-bond acceptors (Lipinski definition) is 2. The Morgan fingerprint density at radius 3 is 2.88 bits per heavy atom. The van der Waals surface area contributed by atoms with E-state index in [0.717, 1.165) is 5.69 Å². The lowest BCUT2D eigenvalue weighted by molar-refractivity contribution is -0.133. The van der Waals surface area contributed by atoms with Crippen LogP contribution in [0.4, 0.5) is 4.39 Å². The molecule has 1 amide bonds. The van der Waals surface area contributed by atoms with Gasteiger partial charge in [-0.15, -0.1) is 0 Å². The topological polar surface area (TPSA) is 38.1 Å². The number of amides is 1. The molecule has 88 valence electrons. The van der Waals surface area contributed by atoms with Crippen molar-refractivity contribution < 1.29 is 9.18 Å². The molecule has 0 N–H and O–H groups in total. The molecule has 0 saturated carbocycles. The molecule has 1 aromatic rings. The minimum Gasteiger partial charge on any atom is -0.335 e. The average Bonchev–Trinajstić information content (AvgIpc) is 2.49. The van der Waals surface area contributed by atoms with Gasteiger partial charge in [-0.1, -0.05) is 0 Å². The fourth-order valence-corrected chi connectivity index (χ4v) is 2.03. The highest BCUT2D eigenvalue weighted by Gasteiger charge is 2.29. The third-order valence-corrected chi connectivity index (χ3v) is 2.84. The fraction of sp³-hybridized carbons (Fsp3) is 0.636. The van der Waals surface area contributed by atoms with E-state index in [1.807, 2.05) is 13.8 Å². The van der Waals surface area contributed by atoms with E-state index in [4.69, 9.17) is 0 Å². The maximum absolute atomic E-state index is 14.0. The van der Waals surface area contributed by atoms with E-state index >= 15 is 0 Å². The first-order chi connectivity index (χ1) is 7.49. The molecule has 1 aromatic heterocycles. The Bertz CT molecular complexity index is 413. The molecule has 0 bridgehead atoms. The second-order valence-electron chi connectivity index (χ2n) is 4.48. The van der Waals surface area contributed by atoms with Crippen molar-refractivity contribution in [3.8, 4) is 0 Å². The fourth-order valence-electron chi connectivity index (χ4n) is 2.03. The molecule has 0 radical (unpaired) electrons. The summed E-state index contributed by atoms with van der Waals surface area (Å²) in [6.45, 7) is 5.86. The molecule has 0 aliphatic carbocycles. The second-order valence-corrected chi connectivity index (χ2v) is 4.48. The van der Waals surface area contributed by atoms with Crippen molar-refractivity contribution in [2.45, 2.75) is 39.5 Å². The summed E-state index contributed by atoms with van der Waals surface area (Å²) in [4.78, 5) is 13.4. The summed E-state index contributed by atoms with van der Waals surface area (Å²) in [7, 11) is 0. The minimum absolute atomic E-state index is 0.0245. The van der Waals surface area contributed by atoms with E-state index in [1.54, 1.807) is 17.9 Å². The van der Waals surface area contributed by atoms with Crippen LogP contribution >= 0.6 is 0 Å². The van der Waals surface area contributed by atoms with Crippen LogP contribution in [0.2, 0.25) is 0 Å². The number of halogens is 1. The summed E-state index contributed by atoms with van der Waals surface area (Å²) >= 11 is 0. The Balaban J connectivity index is 2.34. The first kappa shape index (κ1) is 11.1. The lowest BCUT2D eigenvalue weighted by atomic mass is 10.2. The molecule has 2 rings (SSSR count). The third-order valence-electron chi connectivity index (χ3n) is 2.84. The van der Waals surface area contributed by atoms with Gasteiger partial charge in [0.2, 0.25) is 5.91 Å². The van der Waals surface area contributed by atoms with E-state index in [0.29, 0.717) is 5.69 Å². The summed E-state index contributed by atoms with van der Waals surface area (Å²) in [5.41, 5.74) is 1.26. The summed E-state index contributed by atoms with van der Waals surface area (Å²) in [6.07, 6.45) is -1.14. The van der Waals surface area contributed by atoms with E-state index < -0.39 is 6.17 Å². The minimum atomic E-state index is -1.14. The molecular weight excluding hydrogens is 209 g/mol. The zero-order valence-electron chi connectivity index (χ0n) is 9.77. The van der Waals surface area contributed by atoms with Crippen LogP contribution in [0.15, 0.2) is 6.07 Å². The molecule has 1 aliphatic rings. The van der Waals surface area contributed by atoms with Crippen molar-refractivity contribution >= 4 is 5.91 Å². The Labute approximate surface area is 94.0 Å². The van der Waals surface area contributed by atoms with Gasteiger partial charge in [-0.05, 0) is 26.8 Å². The molecule has 0 spiro atoms. The van der Waals surface area contributed by atoms with Crippen LogP contribution in [0.5, 0.6) is 0 Å². The van der Waals surface area contributed by atoms with Crippen LogP contribution in [0, 0.1) is 6.92 Å². The van der Waals surface area contributed by atoms with Crippen LogP contribution in [-0.4, -0.2) is 33.2 Å². The maximum Gasteiger partial charge on any atom is 0.244 e. The Morgan fingerprint density at radius 1 is 1.56 bits per heavy atom. The number of fused-ring (bicyclic) bond motifs is 1. The van der Waals surface area contributed by atoms with Gasteiger partial charge in [-0.3, -0.25) is 9.48 Å². The molecule has 1 unspecified atom stereocenters. The quantitative estimate of drug-likeness (QED) is 0.725. The van der Waals surface area contributed by atoms with Gasteiger partial charge in [-0.2, -0.15) is 5.10 Å². The predicted molar refractivity (Wildman–Crippen MR) is 57.7 cm³/mol. The number of rotatable bonds is 1. The number of carbonyl (C=O) groups excluding carboxylic acids is 1. The third kappa shape index (κ3) is 1.81. The van der Waals surface area contributed by atoms with Gasteiger partial charge in [-0.25, -0.2) is 4.39 Å². The highest BCUT2D eigenvalue weighted by Crippen LogP contribution is 2.24. The van der Waals surface area contributed by atoms with Crippen LogP contribution < -0.4 is 0 Å². The Morgan fingerprint density at radius 2 is 2.25 bits per heavy atom. The van der Waals surface area contributed by atoms with Gasteiger partial charge in [0.05, 0.1) is 17.9 Å². The molecule has 4 nitrogen and oxygen atoms in total. The maximum atomic E-state index is 14.0. The van der Waals surface area contributed by atoms with Crippen LogP contribution in [0.3, 0.4) is 0 Å². The number of hydrogen-bond donors (Lipinski definition) is 0. The number of aromatic nitrogens is 2. The number of carbonyl (C=O) groups is 1. The van der Waals surface area contributed by atoms with Gasteiger partial charge in [0, 0.05) is 6.04 Å². The smallest absolute Gasteiger partial charge is 0.244 e. The molecular formula is C11H16FN3O. The summed E-state index contributed by atoms with van der Waals surface area (Å²) < 4.78 is 15.5. The van der Waals surface area contributed by atoms with Crippen LogP contribution in [0.1, 0.15) is 31.4 Å². The largest absolute Gasteiger partial charge is 0.335 e. The molecule has 1 aliphatic heterocycles. The molecule has 0 fully saturated rings. The molecule has 2 heterocycles. The molecule has 5 heteroatoms. The van der Waals surface area contributed by atoms with Gasteiger partial charge >= 0.3 is 0 Å². The van der Waals surface area contributed by atoms with E-state index in [-0.39, 0.29) is 25.0 Å². The number of alkyl halides is 1. The lowest BCUT2D eigenvalue weighted by Crippen LogP contribution is -2.39. The predicted octanol–water partition coefficient (Wildman–Crippen LogP) is 1.45. The number of aryl methyl sites for hydroxylation is 1. The van der Waals surface area contributed by atoms with Crippen molar-refractivity contribution in [3.05, 3.63) is 17.5 Å². The molecule has 0 aromatic carbocycles. The standard InChI is InChI=1S/C11H16FN3O/c1-7(2)14-5-9(12)10-4-8(3)13-15(10)6-11(14)16/h4,7,9H,5-6H2,1-3H3. The lowest BCUT2D eigenvalue weighted by Gasteiger charge is -2.25. The molecule has 16 heavy (non-hydrogen) atoms. The summed E-state index contributed by atoms with van der Waals surface area (Å²) in [5, 5.41) is 4.13. The monoisotopic (exact) mass is 225 g/mol. The van der Waals surface area contributed by atoms with Crippen molar-refractivity contribution in [2.24, 2.45) is 0 Å². The SMILES string of the molecule is Cc1cc2n(n1)CC(=O)N(C(C)C)CC2F. The highest BCUT2D eigenvalue weighted by atomic mass is 19.1. The molecule has 1 atom stereocenters. The summed E-state index contributed by atoms with van der Waals surface area (Å²) in [5.74, 6) is -0.0699. The van der Waals surface area contributed by atoms with E-state index in [9.17, 15) is 9.18 Å². The van der Waals surface area contributed by atoms with Crippen LogP contribution in [0.25, 0.3) is 0 Å². The van der Waals surface area contributed by atoms with Crippen molar-refractivity contribution in [1.29, 1.82) is 0 Å². The van der Waals surface area contributed by atoms with E-state index in [2.05, 4.69) is 5.10 Å². The van der Waals surface area contributed by atoms with Gasteiger partial charge in [0.25, 0.3) is 0 Å². The Hall–Kier alpha value is -1.39. The van der Waals surface area contributed by atoms with Gasteiger partial charge in [0.15, 0.2) is 6.17 Å². The van der Waals surface area contributed by atoms with Crippen LogP contribution in [-0.2, 0) is 11.3 Å². The second kappa shape index (κ2) is 3.88. The average molecular weight is 225 g/mol. The molecule has 0 saturated heterocycles. The van der Waals surface area contributed by atoms with E-state index in [1.165, 1.54) is 4.68 Å². The van der Waals surface area contributed by atoms with Crippen molar-refractivity contribution in [2.75, 3.05) is 6.54 Å². The zero-order chi connectivity index (χ0) is 11.9. The highest BCUT2D eigenvalue weighted by molar-refractivity contribution is 5.76. The Kier molecular flexibility index (Phi) is 2.69. The first-order valence-corrected chi connectivity index (χ1v) is 5.47. The van der Waals surface area contributed by atoms with Crippen molar-refractivity contribution in [3.63, 3.8) is 0 Å². The van der Waals surface area contributed by atoms with Crippen molar-refractivity contribution in [1.82, 2.24) is 14.7 Å². The van der Waals surface area contributed by atoms with Gasteiger partial charge < -0.3 is 4.90 Å². The first-order valence-electron chi connectivity index (χ1n) is 5.47. The normalized spacial score (nSPS) is 21.2. The van der Waals surface area contributed by atoms with Gasteiger partial charge in [0.1, 0.15) is 6.54 Å².